The third-order valence-electron chi connectivity index (χ3n) is 3.60. The summed E-state index contributed by atoms with van der Waals surface area (Å²) >= 11 is 12.3. The van der Waals surface area contributed by atoms with Crippen molar-refractivity contribution in [2.75, 3.05) is 7.11 Å². The molecule has 4 nitrogen and oxygen atoms in total. The summed E-state index contributed by atoms with van der Waals surface area (Å²) in [5.41, 5.74) is 3.00. The summed E-state index contributed by atoms with van der Waals surface area (Å²) in [5, 5.41) is 6.42. The molecular formula is C17H14Cl2N2O2. The van der Waals surface area contributed by atoms with Gasteiger partial charge in [-0.15, -0.1) is 0 Å². The van der Waals surface area contributed by atoms with Crippen LogP contribution in [0.3, 0.4) is 0 Å². The van der Waals surface area contributed by atoms with E-state index in [1.165, 1.54) is 7.11 Å². The zero-order chi connectivity index (χ0) is 16.6. The topological polar surface area (TPSA) is 44.1 Å². The van der Waals surface area contributed by atoms with Crippen LogP contribution in [0, 0.1) is 6.92 Å². The van der Waals surface area contributed by atoms with Crippen LogP contribution in [0.25, 0.3) is 10.9 Å². The minimum Gasteiger partial charge on any atom is -0.464 e. The van der Waals surface area contributed by atoms with Crippen LogP contribution in [0.5, 0.6) is 0 Å². The highest BCUT2D eigenvalue weighted by Crippen LogP contribution is 2.25. The quantitative estimate of drug-likeness (QED) is 0.655. The van der Waals surface area contributed by atoms with E-state index in [1.807, 2.05) is 25.1 Å². The van der Waals surface area contributed by atoms with Gasteiger partial charge in [0.2, 0.25) is 0 Å². The first-order chi connectivity index (χ1) is 11.0. The molecule has 0 unspecified atom stereocenters. The van der Waals surface area contributed by atoms with Crippen molar-refractivity contribution >= 4 is 40.1 Å². The van der Waals surface area contributed by atoms with E-state index < -0.39 is 5.97 Å². The van der Waals surface area contributed by atoms with Crippen molar-refractivity contribution in [3.05, 3.63) is 63.3 Å². The highest BCUT2D eigenvalue weighted by Gasteiger charge is 2.20. The molecule has 23 heavy (non-hydrogen) atoms. The van der Waals surface area contributed by atoms with E-state index >= 15 is 0 Å². The summed E-state index contributed by atoms with van der Waals surface area (Å²) < 4.78 is 6.51. The number of carbonyl (C=O) groups excluding carboxylic acids is 1. The standard InChI is InChI=1S/C17H14Cl2N2O2/c1-10-3-5-13-15(7-10)20-21(16(13)17(22)23-2)9-11-8-12(18)4-6-14(11)19/h3-8H,9H2,1-2H3. The predicted octanol–water partition coefficient (Wildman–Crippen LogP) is 4.49. The summed E-state index contributed by atoms with van der Waals surface area (Å²) in [6.07, 6.45) is 0. The number of ether oxygens (including phenoxy) is 1. The van der Waals surface area contributed by atoms with E-state index in [0.717, 1.165) is 22.0 Å². The number of hydrogen-bond acceptors (Lipinski definition) is 3. The third kappa shape index (κ3) is 3.05. The molecular weight excluding hydrogens is 335 g/mol. The van der Waals surface area contributed by atoms with Crippen LogP contribution in [-0.4, -0.2) is 22.9 Å². The van der Waals surface area contributed by atoms with E-state index in [-0.39, 0.29) is 0 Å². The average Bonchev–Trinajstić information content (AvgIpc) is 2.87. The Kier molecular flexibility index (Phi) is 4.28. The fourth-order valence-electron chi connectivity index (χ4n) is 2.50. The number of esters is 1. The molecule has 0 aliphatic carbocycles. The number of aryl methyl sites for hydroxylation is 1. The first-order valence-electron chi connectivity index (χ1n) is 6.99. The van der Waals surface area contributed by atoms with Crippen molar-refractivity contribution in [1.29, 1.82) is 0 Å². The molecule has 118 valence electrons. The maximum absolute atomic E-state index is 12.2. The summed E-state index contributed by atoms with van der Waals surface area (Å²) in [6, 6.07) is 11.0. The second-order valence-corrected chi connectivity index (χ2v) is 6.10. The zero-order valence-corrected chi connectivity index (χ0v) is 14.1. The average molecular weight is 349 g/mol. The van der Waals surface area contributed by atoms with Gasteiger partial charge in [-0.05, 0) is 42.3 Å². The van der Waals surface area contributed by atoms with E-state index in [1.54, 1.807) is 22.9 Å². The minimum atomic E-state index is -0.436. The minimum absolute atomic E-state index is 0.331. The lowest BCUT2D eigenvalue weighted by atomic mass is 10.1. The number of fused-ring (bicyclic) bond motifs is 1. The fraction of sp³-hybridized carbons (Fsp3) is 0.176. The van der Waals surface area contributed by atoms with Crippen LogP contribution in [-0.2, 0) is 11.3 Å². The Morgan fingerprint density at radius 3 is 2.74 bits per heavy atom. The summed E-state index contributed by atoms with van der Waals surface area (Å²) in [6.45, 7) is 2.31. The number of benzene rings is 2. The van der Waals surface area contributed by atoms with Gasteiger partial charge in [0.25, 0.3) is 0 Å². The number of halogens is 2. The van der Waals surface area contributed by atoms with Crippen molar-refractivity contribution in [3.8, 4) is 0 Å². The summed E-state index contributed by atoms with van der Waals surface area (Å²) in [7, 11) is 1.35. The third-order valence-corrected chi connectivity index (χ3v) is 4.21. The molecule has 0 bridgehead atoms. The zero-order valence-electron chi connectivity index (χ0n) is 12.6. The Balaban J connectivity index is 2.16. The molecule has 6 heteroatoms. The molecule has 0 N–H and O–H groups in total. The van der Waals surface area contributed by atoms with E-state index in [2.05, 4.69) is 5.10 Å². The molecule has 2 aromatic carbocycles. The molecule has 0 spiro atoms. The number of nitrogens with zero attached hydrogens (tertiary/aromatic N) is 2. The monoisotopic (exact) mass is 348 g/mol. The molecule has 0 aliphatic heterocycles. The van der Waals surface area contributed by atoms with Crippen molar-refractivity contribution in [2.24, 2.45) is 0 Å². The van der Waals surface area contributed by atoms with Gasteiger partial charge in [0, 0.05) is 15.4 Å². The van der Waals surface area contributed by atoms with Gasteiger partial charge in [-0.2, -0.15) is 5.10 Å². The number of rotatable bonds is 3. The van der Waals surface area contributed by atoms with E-state index in [0.29, 0.717) is 22.3 Å². The SMILES string of the molecule is COC(=O)c1c2ccc(C)cc2nn1Cc1cc(Cl)ccc1Cl. The van der Waals surface area contributed by atoms with Gasteiger partial charge >= 0.3 is 5.97 Å². The van der Waals surface area contributed by atoms with Gasteiger partial charge in [-0.3, -0.25) is 4.68 Å². The second-order valence-electron chi connectivity index (χ2n) is 5.25. The Bertz CT molecular complexity index is 903. The predicted molar refractivity (Wildman–Crippen MR) is 91.4 cm³/mol. The van der Waals surface area contributed by atoms with Gasteiger partial charge in [0.1, 0.15) is 0 Å². The Labute approximate surface area is 143 Å². The molecule has 0 atom stereocenters. The van der Waals surface area contributed by atoms with E-state index in [4.69, 9.17) is 27.9 Å². The van der Waals surface area contributed by atoms with E-state index in [9.17, 15) is 4.79 Å². The number of carbonyl (C=O) groups is 1. The van der Waals surface area contributed by atoms with Gasteiger partial charge < -0.3 is 4.74 Å². The summed E-state index contributed by atoms with van der Waals surface area (Å²) in [4.78, 5) is 12.2. The van der Waals surface area contributed by atoms with Gasteiger partial charge in [-0.25, -0.2) is 4.79 Å². The number of hydrogen-bond donors (Lipinski definition) is 0. The Hall–Kier alpha value is -2.04. The summed E-state index contributed by atoms with van der Waals surface area (Å²) in [5.74, 6) is -0.436. The lowest BCUT2D eigenvalue weighted by Gasteiger charge is -2.08. The maximum atomic E-state index is 12.2. The fourth-order valence-corrected chi connectivity index (χ4v) is 2.87. The molecule has 0 aliphatic rings. The Morgan fingerprint density at radius 2 is 2.00 bits per heavy atom. The lowest BCUT2D eigenvalue weighted by Crippen LogP contribution is -2.13. The van der Waals surface area contributed by atoms with Crippen LogP contribution >= 0.6 is 23.2 Å². The first-order valence-corrected chi connectivity index (χ1v) is 7.74. The first kappa shape index (κ1) is 15.8. The van der Waals surface area contributed by atoms with Crippen LogP contribution in [0.2, 0.25) is 10.0 Å². The Morgan fingerprint density at radius 1 is 1.22 bits per heavy atom. The van der Waals surface area contributed by atoms with Gasteiger partial charge in [0.15, 0.2) is 5.69 Å². The molecule has 0 amide bonds. The lowest BCUT2D eigenvalue weighted by molar-refractivity contribution is 0.0589. The van der Waals surface area contributed by atoms with Crippen LogP contribution in [0.15, 0.2) is 36.4 Å². The molecule has 3 aromatic rings. The van der Waals surface area contributed by atoms with Crippen LogP contribution in [0.4, 0.5) is 0 Å². The molecule has 0 radical (unpaired) electrons. The highest BCUT2D eigenvalue weighted by molar-refractivity contribution is 6.33. The molecule has 0 fully saturated rings. The molecule has 3 rings (SSSR count). The molecule has 1 heterocycles. The van der Waals surface area contributed by atoms with Crippen LogP contribution < -0.4 is 0 Å². The molecule has 0 saturated carbocycles. The van der Waals surface area contributed by atoms with Crippen molar-refractivity contribution in [3.63, 3.8) is 0 Å². The molecule has 0 saturated heterocycles. The second kappa shape index (κ2) is 6.22. The van der Waals surface area contributed by atoms with Crippen molar-refractivity contribution < 1.29 is 9.53 Å². The molecule has 1 aromatic heterocycles. The normalized spacial score (nSPS) is 11.0. The highest BCUT2D eigenvalue weighted by atomic mass is 35.5. The van der Waals surface area contributed by atoms with Crippen molar-refractivity contribution in [1.82, 2.24) is 9.78 Å². The number of aromatic nitrogens is 2. The maximum Gasteiger partial charge on any atom is 0.356 e. The number of methoxy groups -OCH3 is 1. The largest absolute Gasteiger partial charge is 0.464 e. The van der Waals surface area contributed by atoms with Gasteiger partial charge in [0.05, 0.1) is 19.2 Å². The smallest absolute Gasteiger partial charge is 0.356 e. The van der Waals surface area contributed by atoms with Crippen LogP contribution in [0.1, 0.15) is 21.6 Å². The van der Waals surface area contributed by atoms with Gasteiger partial charge in [-0.1, -0.05) is 35.3 Å². The van der Waals surface area contributed by atoms with Crippen molar-refractivity contribution in [2.45, 2.75) is 13.5 Å².